The third-order valence-electron chi connectivity index (χ3n) is 5.83. The Morgan fingerprint density at radius 2 is 1.94 bits per heavy atom. The van der Waals surface area contributed by atoms with Gasteiger partial charge in [-0.1, -0.05) is 36.9 Å². The number of ether oxygens (including phenoxy) is 1. The smallest absolute Gasteiger partial charge is 0.262 e. The van der Waals surface area contributed by atoms with Gasteiger partial charge in [0.05, 0.1) is 22.2 Å². The highest BCUT2D eigenvalue weighted by atomic mass is 35.5. The summed E-state index contributed by atoms with van der Waals surface area (Å²) in [4.78, 5) is 40.3. The molecule has 1 saturated carbocycles. The van der Waals surface area contributed by atoms with Crippen LogP contribution in [0.5, 0.6) is 0 Å². The molecule has 7 nitrogen and oxygen atoms in total. The highest BCUT2D eigenvalue weighted by molar-refractivity contribution is 7.21. The Balaban J connectivity index is 1.51. The number of hydrogen-bond acceptors (Lipinski definition) is 5. The van der Waals surface area contributed by atoms with Gasteiger partial charge in [0.15, 0.2) is 0 Å². The number of carbonyl (C=O) groups excluding carboxylic acids is 3. The van der Waals surface area contributed by atoms with Crippen molar-refractivity contribution in [3.8, 4) is 0 Å². The first kappa shape index (κ1) is 22.8. The molecule has 1 aromatic carbocycles. The van der Waals surface area contributed by atoms with Crippen LogP contribution in [0.15, 0.2) is 30.3 Å². The quantitative estimate of drug-likeness (QED) is 0.656. The number of nitrogens with one attached hydrogen (secondary N) is 2. The van der Waals surface area contributed by atoms with E-state index in [-0.39, 0.29) is 24.3 Å². The monoisotopic (exact) mass is 471 g/mol. The van der Waals surface area contributed by atoms with E-state index in [9.17, 15) is 14.4 Å². The molecule has 4 rings (SSSR count). The molecule has 2 aromatic rings. The van der Waals surface area contributed by atoms with E-state index in [2.05, 4.69) is 10.6 Å². The lowest BCUT2D eigenvalue weighted by Gasteiger charge is -2.36. The van der Waals surface area contributed by atoms with Crippen LogP contribution in [-0.2, 0) is 14.3 Å². The first-order valence-electron chi connectivity index (χ1n) is 10.5. The molecule has 2 radical (unpaired) electrons. The van der Waals surface area contributed by atoms with Crippen molar-refractivity contribution in [2.75, 3.05) is 30.0 Å². The predicted molar refractivity (Wildman–Crippen MR) is 126 cm³/mol. The zero-order chi connectivity index (χ0) is 22.7. The Morgan fingerprint density at radius 3 is 2.59 bits per heavy atom. The van der Waals surface area contributed by atoms with Crippen LogP contribution in [0.3, 0.4) is 0 Å². The predicted octanol–water partition coefficient (Wildman–Crippen LogP) is 2.63. The maximum atomic E-state index is 13.3. The lowest BCUT2D eigenvalue weighted by atomic mass is 9.80. The van der Waals surface area contributed by atoms with Gasteiger partial charge in [0.25, 0.3) is 11.8 Å². The molecular formula is C22H23BClN3O4S. The SMILES string of the molecule is [B]c1ccc(C(=O)NC2(C(=O)Nc3ccc(N4CCOCC4=O)c(Cl)c3)CCCCC2)s1. The summed E-state index contributed by atoms with van der Waals surface area (Å²) in [5.74, 6) is -0.739. The van der Waals surface area contributed by atoms with Gasteiger partial charge in [0.2, 0.25) is 5.91 Å². The van der Waals surface area contributed by atoms with Crippen LogP contribution >= 0.6 is 22.9 Å². The summed E-state index contributed by atoms with van der Waals surface area (Å²) in [5.41, 5.74) is 0.0809. The van der Waals surface area contributed by atoms with Gasteiger partial charge >= 0.3 is 0 Å². The average molecular weight is 472 g/mol. The lowest BCUT2D eigenvalue weighted by Crippen LogP contribution is -2.57. The molecule has 0 atom stereocenters. The Kier molecular flexibility index (Phi) is 6.88. The fourth-order valence-electron chi connectivity index (χ4n) is 4.14. The van der Waals surface area contributed by atoms with E-state index in [1.807, 2.05) is 0 Å². The highest BCUT2D eigenvalue weighted by Crippen LogP contribution is 2.33. The number of nitrogens with zero attached hydrogens (tertiary/aromatic N) is 1. The molecule has 32 heavy (non-hydrogen) atoms. The second-order valence-corrected chi connectivity index (χ2v) is 9.54. The van der Waals surface area contributed by atoms with Gasteiger partial charge in [-0.05, 0) is 41.9 Å². The number of morpholine rings is 1. The lowest BCUT2D eigenvalue weighted by molar-refractivity contribution is -0.125. The van der Waals surface area contributed by atoms with Crippen LogP contribution in [0.25, 0.3) is 0 Å². The Hall–Kier alpha value is -2.36. The second kappa shape index (κ2) is 9.64. The van der Waals surface area contributed by atoms with Gasteiger partial charge in [0.1, 0.15) is 20.0 Å². The van der Waals surface area contributed by atoms with Crippen LogP contribution in [0.2, 0.25) is 5.02 Å². The minimum absolute atomic E-state index is 0.0208. The molecular weight excluding hydrogens is 449 g/mol. The summed E-state index contributed by atoms with van der Waals surface area (Å²) in [6.45, 7) is 0.887. The maximum absolute atomic E-state index is 13.3. The standard InChI is InChI=1S/C22H23BClN3O4S/c23-18-7-6-17(32-18)20(29)26-22(8-2-1-3-9-22)21(30)25-14-4-5-16(15(24)12-14)27-10-11-31-13-19(27)28/h4-7,12H,1-3,8-11,13H2,(H,25,30)(H,26,29). The molecule has 2 N–H and O–H groups in total. The van der Waals surface area contributed by atoms with Gasteiger partial charge in [-0.15, -0.1) is 11.3 Å². The molecule has 10 heteroatoms. The van der Waals surface area contributed by atoms with Crippen molar-refractivity contribution >= 4 is 64.7 Å². The Labute approximate surface area is 196 Å². The third-order valence-corrected chi connectivity index (χ3v) is 7.04. The summed E-state index contributed by atoms with van der Waals surface area (Å²) >= 11 is 7.62. The van der Waals surface area contributed by atoms with Gasteiger partial charge in [-0.3, -0.25) is 14.4 Å². The van der Waals surface area contributed by atoms with Crippen molar-refractivity contribution in [2.45, 2.75) is 37.6 Å². The van der Waals surface area contributed by atoms with Crippen molar-refractivity contribution in [1.82, 2.24) is 5.32 Å². The van der Waals surface area contributed by atoms with Crippen molar-refractivity contribution in [2.24, 2.45) is 0 Å². The molecule has 1 aliphatic heterocycles. The van der Waals surface area contributed by atoms with Crippen molar-refractivity contribution in [3.05, 3.63) is 40.2 Å². The summed E-state index contributed by atoms with van der Waals surface area (Å²) in [7, 11) is 5.75. The van der Waals surface area contributed by atoms with Crippen LogP contribution in [-0.4, -0.2) is 50.9 Å². The number of halogens is 1. The molecule has 1 aromatic heterocycles. The van der Waals surface area contributed by atoms with Crippen LogP contribution < -0.4 is 20.3 Å². The third kappa shape index (κ3) is 4.85. The van der Waals surface area contributed by atoms with Crippen LogP contribution in [0, 0.1) is 0 Å². The minimum atomic E-state index is -1.00. The zero-order valence-corrected chi connectivity index (χ0v) is 19.1. The number of thiophene rings is 1. The van der Waals surface area contributed by atoms with E-state index in [1.165, 1.54) is 11.3 Å². The normalized spacial score (nSPS) is 18.3. The fourth-order valence-corrected chi connectivity index (χ4v) is 5.10. The number of rotatable bonds is 5. The first-order chi connectivity index (χ1) is 15.4. The highest BCUT2D eigenvalue weighted by Gasteiger charge is 2.41. The largest absolute Gasteiger partial charge is 0.370 e. The van der Waals surface area contributed by atoms with Crippen LogP contribution in [0.1, 0.15) is 41.8 Å². The van der Waals surface area contributed by atoms with Crippen molar-refractivity contribution in [1.29, 1.82) is 0 Å². The second-order valence-electron chi connectivity index (χ2n) is 8.02. The number of amides is 3. The molecule has 3 amide bonds. The first-order valence-corrected chi connectivity index (χ1v) is 11.7. The van der Waals surface area contributed by atoms with E-state index >= 15 is 0 Å². The number of benzene rings is 1. The van der Waals surface area contributed by atoms with Gasteiger partial charge in [-0.25, -0.2) is 0 Å². The molecule has 2 fully saturated rings. The Bertz CT molecular complexity index is 1040. The summed E-state index contributed by atoms with van der Waals surface area (Å²) in [6, 6.07) is 8.38. The molecule has 2 aliphatic rings. The fraction of sp³-hybridized carbons (Fsp3) is 0.409. The average Bonchev–Trinajstić information content (AvgIpc) is 3.22. The van der Waals surface area contributed by atoms with Crippen molar-refractivity contribution < 1.29 is 19.1 Å². The van der Waals surface area contributed by atoms with Gasteiger partial charge in [0, 0.05) is 12.2 Å². The number of hydrogen-bond donors (Lipinski definition) is 2. The topological polar surface area (TPSA) is 87.7 Å². The van der Waals surface area contributed by atoms with Gasteiger partial charge in [-0.2, -0.15) is 0 Å². The maximum Gasteiger partial charge on any atom is 0.262 e. The van der Waals surface area contributed by atoms with Crippen molar-refractivity contribution in [3.63, 3.8) is 0 Å². The summed E-state index contributed by atoms with van der Waals surface area (Å²) in [5, 5.41) is 6.23. The van der Waals surface area contributed by atoms with E-state index in [0.29, 0.717) is 52.0 Å². The minimum Gasteiger partial charge on any atom is -0.370 e. The van der Waals surface area contributed by atoms with Crippen LogP contribution in [0.4, 0.5) is 11.4 Å². The molecule has 0 spiro atoms. The van der Waals surface area contributed by atoms with E-state index in [1.54, 1.807) is 35.2 Å². The number of anilines is 2. The molecule has 1 saturated heterocycles. The molecule has 166 valence electrons. The zero-order valence-electron chi connectivity index (χ0n) is 17.5. The van der Waals surface area contributed by atoms with E-state index < -0.39 is 5.54 Å². The summed E-state index contributed by atoms with van der Waals surface area (Å²) in [6.07, 6.45) is 3.82. The van der Waals surface area contributed by atoms with E-state index in [4.69, 9.17) is 24.2 Å². The molecule has 1 aliphatic carbocycles. The summed E-state index contributed by atoms with van der Waals surface area (Å²) < 4.78 is 5.71. The molecule has 0 bridgehead atoms. The number of carbonyl (C=O) groups is 3. The van der Waals surface area contributed by atoms with E-state index in [0.717, 1.165) is 19.3 Å². The molecule has 2 heterocycles. The molecule has 0 unspecified atom stereocenters. The Morgan fingerprint density at radius 1 is 1.16 bits per heavy atom. The van der Waals surface area contributed by atoms with Gasteiger partial charge < -0.3 is 20.3 Å².